The second kappa shape index (κ2) is 24.1. The van der Waals surface area contributed by atoms with Gasteiger partial charge in [0.25, 0.3) is 0 Å². The van der Waals surface area contributed by atoms with Gasteiger partial charge in [-0.1, -0.05) is 32.8 Å². The van der Waals surface area contributed by atoms with Crippen molar-refractivity contribution in [3.8, 4) is 36.4 Å². The van der Waals surface area contributed by atoms with Crippen molar-refractivity contribution in [3.63, 3.8) is 0 Å². The fourth-order valence-electron chi connectivity index (χ4n) is 14.4. The molecule has 8 heterocycles. The number of nitrogens with zero attached hydrogens (tertiary/aromatic N) is 2. The van der Waals surface area contributed by atoms with Gasteiger partial charge in [0.2, 0.25) is 0 Å². The summed E-state index contributed by atoms with van der Waals surface area (Å²) in [5.41, 5.74) is 5.55. The predicted octanol–water partition coefficient (Wildman–Crippen LogP) is 17.3. The summed E-state index contributed by atoms with van der Waals surface area (Å²) in [4.78, 5) is 6.57. The van der Waals surface area contributed by atoms with Gasteiger partial charge in [-0.25, -0.2) is 8.78 Å². The maximum absolute atomic E-state index is 17.7. The van der Waals surface area contributed by atoms with Crippen molar-refractivity contribution >= 4 is 130 Å². The van der Waals surface area contributed by atoms with Crippen LogP contribution >= 0.6 is 65.2 Å². The summed E-state index contributed by atoms with van der Waals surface area (Å²) in [5, 5.41) is 8.26. The Labute approximate surface area is 510 Å². The first-order valence-electron chi connectivity index (χ1n) is 28.6. The molecule has 0 N–H and O–H groups in total. The van der Waals surface area contributed by atoms with Gasteiger partial charge in [-0.3, -0.25) is 0 Å². The molecule has 0 amide bonds. The molecule has 413 valence electrons. The van der Waals surface area contributed by atoms with Crippen LogP contribution in [0.2, 0.25) is 35.3 Å². The number of allylic oxidation sites excluding steroid dienone is 8. The summed E-state index contributed by atoms with van der Waals surface area (Å²) >= 11 is 10.0. The van der Waals surface area contributed by atoms with Crippen molar-refractivity contribution < 1.29 is 31.5 Å². The Bertz CT molecular complexity index is 3770. The summed E-state index contributed by atoms with van der Waals surface area (Å²) in [6.07, 6.45) is 18.1. The Kier molecular flexibility index (Phi) is 17.1. The van der Waals surface area contributed by atoms with Crippen molar-refractivity contribution in [3.05, 3.63) is 183 Å². The molecule has 12 rings (SSSR count). The van der Waals surface area contributed by atoms with Gasteiger partial charge in [-0.05, 0) is 47.6 Å². The molecule has 0 saturated carbocycles. The normalized spacial score (nSPS) is 21.7. The summed E-state index contributed by atoms with van der Waals surface area (Å²) in [6, 6.07) is 42.3. The van der Waals surface area contributed by atoms with Crippen LogP contribution in [0.1, 0.15) is 77.7 Å². The zero-order valence-corrected chi connectivity index (χ0v) is 56.1. The van der Waals surface area contributed by atoms with E-state index in [1.54, 1.807) is 41.0 Å². The van der Waals surface area contributed by atoms with Gasteiger partial charge in [-0.15, -0.1) is 22.7 Å². The molecule has 4 unspecified atom stereocenters. The van der Waals surface area contributed by atoms with Crippen molar-refractivity contribution in [2.75, 3.05) is 13.2 Å². The molecule has 3 aromatic heterocycles. The van der Waals surface area contributed by atoms with E-state index in [4.69, 9.17) is 13.5 Å². The fraction of sp³-hybridized carbons (Fsp3) is 0.299. The van der Waals surface area contributed by atoms with Gasteiger partial charge in [0.15, 0.2) is 11.6 Å². The van der Waals surface area contributed by atoms with E-state index in [2.05, 4.69) is 197 Å². The van der Waals surface area contributed by atoms with Crippen LogP contribution in [0, 0.1) is 27.8 Å². The van der Waals surface area contributed by atoms with E-state index >= 15 is 8.78 Å². The first-order valence-corrected chi connectivity index (χ1v) is 40.8. The van der Waals surface area contributed by atoms with E-state index in [1.165, 1.54) is 58.6 Å². The standard InChI is InChI=1S/C67H65F2N2OPS5Si2.Os/c1-8-23-50-37-54-64(74-50)66-56(79(54,32-9-2)33-10-3)39-52(76-66)58-60(68)61(69)59(63-62(58)70-78-71-63)53-40-57-67(77-53)65-55(80(57,34-11-4)35-12-5)38-51(75-65)31-30-45(36-46-42-72-41-44(46)13-6)43(7)73(47-24-17-14-18-25-47,48-26-19-15-20-27-48)49-28-21-16-22-29-49;/h8,13-29,36-40,55,57,65,67H,9-12,32-35,41-42H2,1-6H3;/q+1;/b23-8+,44-13?,45-43?,46-36?;. The Morgan fingerprint density at radius 3 is 1.85 bits per heavy atom. The molecule has 5 aliphatic heterocycles. The third kappa shape index (κ3) is 9.59. The number of hydrogen-bond donors (Lipinski definition) is 0. The monoisotopic (exact) mass is 1390 g/mol. The van der Waals surface area contributed by atoms with Gasteiger partial charge >= 0.3 is 327 Å². The summed E-state index contributed by atoms with van der Waals surface area (Å²) in [6.45, 7) is 14.5. The summed E-state index contributed by atoms with van der Waals surface area (Å²) in [7, 11) is -6.88. The molecule has 0 bridgehead atoms. The van der Waals surface area contributed by atoms with Crippen molar-refractivity contribution in [1.82, 2.24) is 8.75 Å². The zero-order valence-electron chi connectivity index (χ0n) is 46.6. The van der Waals surface area contributed by atoms with Gasteiger partial charge in [-0.2, -0.15) is 8.75 Å². The number of thioether (sulfide) groups is 2. The summed E-state index contributed by atoms with van der Waals surface area (Å²) in [5.74, 6) is 6.18. The van der Waals surface area contributed by atoms with Crippen LogP contribution in [0.5, 0.6) is 0 Å². The van der Waals surface area contributed by atoms with E-state index < -0.39 is 35.0 Å². The maximum atomic E-state index is 17.7. The molecule has 2 saturated heterocycles. The number of ether oxygens (including phenoxy) is 1. The Morgan fingerprint density at radius 1 is 0.704 bits per heavy atom. The van der Waals surface area contributed by atoms with Crippen LogP contribution in [-0.4, -0.2) is 48.6 Å². The molecule has 2 fully saturated rings. The first kappa shape index (κ1) is 57.3. The molecule has 4 atom stereocenters. The number of rotatable bonds is 16. The molecule has 0 aliphatic carbocycles. The van der Waals surface area contributed by atoms with E-state index in [0.29, 0.717) is 40.9 Å². The minimum atomic E-state index is -2.57. The zero-order chi connectivity index (χ0) is 56.0. The van der Waals surface area contributed by atoms with E-state index in [1.807, 2.05) is 23.1 Å². The predicted molar refractivity (Wildman–Crippen MR) is 353 cm³/mol. The van der Waals surface area contributed by atoms with Gasteiger partial charge in [0.05, 0.1) is 17.3 Å². The Balaban J connectivity index is 0.945. The van der Waals surface area contributed by atoms with Crippen molar-refractivity contribution in [2.45, 2.75) is 113 Å². The van der Waals surface area contributed by atoms with Gasteiger partial charge in [0.1, 0.15) is 19.1 Å². The van der Waals surface area contributed by atoms with E-state index in [-0.39, 0.29) is 16.1 Å². The van der Waals surface area contributed by atoms with E-state index in [9.17, 15) is 0 Å². The number of benzene rings is 4. The van der Waals surface area contributed by atoms with Crippen LogP contribution in [0.4, 0.5) is 8.78 Å². The Hall–Kier alpha value is -4.10. The molecule has 0 spiro atoms. The third-order valence-corrected chi connectivity index (χ3v) is 41.8. The molecule has 7 aromatic rings. The third-order valence-electron chi connectivity index (χ3n) is 17.5. The fourth-order valence-corrected chi connectivity index (χ4v) is 42.2. The van der Waals surface area contributed by atoms with Gasteiger partial charge < -0.3 is 0 Å². The van der Waals surface area contributed by atoms with Crippen LogP contribution in [0.25, 0.3) is 42.2 Å². The molecular formula is C67H65F2N2OOsPS5Si2+. The first-order chi connectivity index (χ1) is 39.6. The second-order valence-electron chi connectivity index (χ2n) is 21.9. The quantitative estimate of drug-likeness (QED) is 0.0547. The molecule has 81 heavy (non-hydrogen) atoms. The topological polar surface area (TPSA) is 35.0 Å². The number of thiophene rings is 2. The number of fused-ring (bicyclic) bond motifs is 7. The number of halogens is 2. The van der Waals surface area contributed by atoms with Crippen molar-refractivity contribution in [2.24, 2.45) is 0 Å². The molecule has 0 radical (unpaired) electrons. The SMILES string of the molecule is CC=C1COCC1=CC(C#CC1=CC2C(S1)C1SC(c3c(F)c(F)c(-c4cc5c(s4)-c4sc(/C=C/C)cc4[Si]5(CCC)CCC)c4nsnc34)=CC1[Si]2(CCC)CCC)=C([C]#[Os])[P+](c1ccccc1)(c1ccccc1)c1ccccc1. The average molecular weight is 1390 g/mol. The molecule has 5 aliphatic rings. The van der Waals surface area contributed by atoms with E-state index in [0.717, 1.165) is 80.6 Å². The Morgan fingerprint density at radius 2 is 1.26 bits per heavy atom. The molecule has 3 nitrogen and oxygen atoms in total. The minimum absolute atomic E-state index is 0.203. The van der Waals surface area contributed by atoms with Crippen LogP contribution in [-0.2, 0) is 22.7 Å². The summed E-state index contributed by atoms with van der Waals surface area (Å²) < 4.78 is 54.9. The van der Waals surface area contributed by atoms with Gasteiger partial charge in [0, 0.05) is 19.5 Å². The van der Waals surface area contributed by atoms with Crippen LogP contribution in [0.15, 0.2) is 160 Å². The molecule has 14 heteroatoms. The number of hydrogen-bond acceptors (Lipinski definition) is 8. The second-order valence-corrected chi connectivity index (χ2v) is 40.1. The molecular weight excluding hydrogens is 1320 g/mol. The molecule has 4 aromatic carbocycles. The van der Waals surface area contributed by atoms with Crippen LogP contribution in [0.3, 0.4) is 0 Å². The number of aromatic nitrogens is 2. The van der Waals surface area contributed by atoms with Crippen molar-refractivity contribution in [1.29, 1.82) is 0 Å². The average Bonchev–Trinajstić information content (AvgIpc) is 4.50. The van der Waals surface area contributed by atoms with Crippen LogP contribution < -0.4 is 26.3 Å².